The molecule has 1 saturated carbocycles. The molecule has 34 heavy (non-hydrogen) atoms. The van der Waals surface area contributed by atoms with Gasteiger partial charge in [-0.05, 0) is 103 Å². The van der Waals surface area contributed by atoms with E-state index in [0.29, 0.717) is 6.10 Å². The van der Waals surface area contributed by atoms with Gasteiger partial charge in [0.2, 0.25) is 0 Å². The first-order valence-corrected chi connectivity index (χ1v) is 12.7. The van der Waals surface area contributed by atoms with Crippen molar-refractivity contribution >= 4 is 35.8 Å². The fourth-order valence-electron chi connectivity index (χ4n) is 5.24. The molecule has 0 spiro atoms. The standard InChI is InChI=1S/C26H39N3O3.2ClH/c1-28(2)17-23-25(31-18-20-5-6-20)10-8-22-24(27-32-26(22)23)9-7-19-11-13-29(14-12-19)16-21-4-3-15-30-21;;/h8,10,19-21H,3-7,9,11-18H2,1-2H3;2*1H. The summed E-state index contributed by atoms with van der Waals surface area (Å²) in [6.07, 6.45) is 10.3. The first kappa shape index (κ1) is 27.5. The van der Waals surface area contributed by atoms with Crippen LogP contribution in [0.5, 0.6) is 5.75 Å². The van der Waals surface area contributed by atoms with Crippen LogP contribution < -0.4 is 4.74 Å². The lowest BCUT2D eigenvalue weighted by atomic mass is 9.91. The second-order valence-electron chi connectivity index (χ2n) is 10.5. The van der Waals surface area contributed by atoms with E-state index in [-0.39, 0.29) is 24.8 Å². The number of piperidine rings is 1. The molecule has 8 heteroatoms. The summed E-state index contributed by atoms with van der Waals surface area (Å²) in [5, 5.41) is 5.67. The minimum absolute atomic E-state index is 0. The van der Waals surface area contributed by atoms with E-state index in [2.05, 4.69) is 41.2 Å². The molecule has 0 radical (unpaired) electrons. The van der Waals surface area contributed by atoms with Gasteiger partial charge in [-0.3, -0.25) is 0 Å². The predicted octanol–water partition coefficient (Wildman–Crippen LogP) is 5.35. The van der Waals surface area contributed by atoms with Gasteiger partial charge in [0.1, 0.15) is 5.75 Å². The number of rotatable bonds is 10. The van der Waals surface area contributed by atoms with Crippen LogP contribution in [0.1, 0.15) is 56.2 Å². The van der Waals surface area contributed by atoms with E-state index in [1.807, 2.05) is 0 Å². The molecule has 5 rings (SSSR count). The van der Waals surface area contributed by atoms with Gasteiger partial charge >= 0.3 is 0 Å². The second-order valence-corrected chi connectivity index (χ2v) is 10.5. The van der Waals surface area contributed by atoms with Crippen molar-refractivity contribution < 1.29 is 14.0 Å². The SMILES string of the molecule is CN(C)Cc1c(OCC2CC2)ccc2c(CCC3CCN(CC4CCCO4)CC3)noc12.Cl.Cl. The molecule has 1 atom stereocenters. The highest BCUT2D eigenvalue weighted by Gasteiger charge is 2.26. The third-order valence-corrected chi connectivity index (χ3v) is 7.40. The Morgan fingerprint density at radius 3 is 2.53 bits per heavy atom. The number of benzene rings is 1. The maximum Gasteiger partial charge on any atom is 0.175 e. The van der Waals surface area contributed by atoms with Crippen molar-refractivity contribution in [1.29, 1.82) is 0 Å². The van der Waals surface area contributed by atoms with Crippen LogP contribution in [0.4, 0.5) is 0 Å². The molecule has 1 aromatic carbocycles. The molecule has 3 heterocycles. The fraction of sp³-hybridized carbons (Fsp3) is 0.731. The van der Waals surface area contributed by atoms with Crippen molar-refractivity contribution in [3.63, 3.8) is 0 Å². The zero-order chi connectivity index (χ0) is 21.9. The van der Waals surface area contributed by atoms with Crippen LogP contribution >= 0.6 is 24.8 Å². The Bertz CT molecular complexity index is 889. The molecule has 2 aliphatic heterocycles. The van der Waals surface area contributed by atoms with Gasteiger partial charge in [-0.2, -0.15) is 0 Å². The van der Waals surface area contributed by atoms with Crippen LogP contribution in [0, 0.1) is 11.8 Å². The lowest BCUT2D eigenvalue weighted by Crippen LogP contribution is -2.38. The van der Waals surface area contributed by atoms with Crippen LogP contribution in [-0.4, -0.2) is 68.0 Å². The minimum Gasteiger partial charge on any atom is -0.493 e. The molecule has 6 nitrogen and oxygen atoms in total. The van der Waals surface area contributed by atoms with Gasteiger partial charge in [0.15, 0.2) is 5.58 Å². The Morgan fingerprint density at radius 2 is 1.85 bits per heavy atom. The number of fused-ring (bicyclic) bond motifs is 1. The highest BCUT2D eigenvalue weighted by molar-refractivity contribution is 5.86. The van der Waals surface area contributed by atoms with Crippen LogP contribution in [0.25, 0.3) is 11.0 Å². The molecule has 1 aliphatic carbocycles. The lowest BCUT2D eigenvalue weighted by molar-refractivity contribution is 0.0591. The molecule has 0 N–H and O–H groups in total. The van der Waals surface area contributed by atoms with Gasteiger partial charge in [-0.25, -0.2) is 0 Å². The van der Waals surface area contributed by atoms with Gasteiger partial charge in [-0.1, -0.05) is 5.16 Å². The normalized spacial score (nSPS) is 21.6. The molecule has 2 saturated heterocycles. The average molecular weight is 515 g/mol. The molecule has 1 aromatic heterocycles. The molecule has 192 valence electrons. The Labute approximate surface area is 216 Å². The van der Waals surface area contributed by atoms with Gasteiger partial charge < -0.3 is 23.8 Å². The maximum absolute atomic E-state index is 6.16. The maximum atomic E-state index is 6.16. The molecular weight excluding hydrogens is 473 g/mol. The van der Waals surface area contributed by atoms with E-state index in [0.717, 1.165) is 72.5 Å². The van der Waals surface area contributed by atoms with E-state index < -0.39 is 0 Å². The predicted molar refractivity (Wildman–Crippen MR) is 141 cm³/mol. The zero-order valence-corrected chi connectivity index (χ0v) is 22.3. The Kier molecular flexibility index (Phi) is 10.3. The summed E-state index contributed by atoms with van der Waals surface area (Å²) >= 11 is 0. The fourth-order valence-corrected chi connectivity index (χ4v) is 5.24. The monoisotopic (exact) mass is 513 g/mol. The van der Waals surface area contributed by atoms with E-state index >= 15 is 0 Å². The van der Waals surface area contributed by atoms with Crippen molar-refractivity contribution in [3.05, 3.63) is 23.4 Å². The van der Waals surface area contributed by atoms with Gasteiger partial charge in [0.25, 0.3) is 0 Å². The number of halogens is 2. The largest absolute Gasteiger partial charge is 0.493 e. The number of likely N-dealkylation sites (tertiary alicyclic amines) is 1. The molecule has 0 amide bonds. The summed E-state index contributed by atoms with van der Waals surface area (Å²) in [5.74, 6) is 2.48. The Morgan fingerprint density at radius 1 is 1.06 bits per heavy atom. The van der Waals surface area contributed by atoms with E-state index in [1.54, 1.807) is 0 Å². The molecule has 1 unspecified atom stereocenters. The van der Waals surface area contributed by atoms with Crippen molar-refractivity contribution in [1.82, 2.24) is 15.0 Å². The van der Waals surface area contributed by atoms with E-state index in [4.69, 9.17) is 14.0 Å². The third-order valence-electron chi connectivity index (χ3n) is 7.40. The van der Waals surface area contributed by atoms with Gasteiger partial charge in [0, 0.05) is 25.1 Å². The van der Waals surface area contributed by atoms with Crippen LogP contribution in [-0.2, 0) is 17.7 Å². The smallest absolute Gasteiger partial charge is 0.175 e. The van der Waals surface area contributed by atoms with Crippen molar-refractivity contribution in [2.75, 3.05) is 46.9 Å². The zero-order valence-electron chi connectivity index (χ0n) is 20.7. The first-order valence-electron chi connectivity index (χ1n) is 12.7. The Balaban J connectivity index is 0.00000162. The average Bonchev–Trinajstić information content (AvgIpc) is 3.30. The van der Waals surface area contributed by atoms with Crippen LogP contribution in [0.15, 0.2) is 16.7 Å². The molecule has 3 aliphatic rings. The topological polar surface area (TPSA) is 51.0 Å². The van der Waals surface area contributed by atoms with Crippen molar-refractivity contribution in [3.8, 4) is 5.75 Å². The molecule has 3 fully saturated rings. The number of hydrogen-bond acceptors (Lipinski definition) is 6. The van der Waals surface area contributed by atoms with Crippen molar-refractivity contribution in [2.24, 2.45) is 11.8 Å². The van der Waals surface area contributed by atoms with E-state index in [1.165, 1.54) is 58.0 Å². The highest BCUT2D eigenvalue weighted by Crippen LogP contribution is 2.35. The number of nitrogens with zero attached hydrogens (tertiary/aromatic N) is 3. The van der Waals surface area contributed by atoms with Crippen LogP contribution in [0.2, 0.25) is 0 Å². The van der Waals surface area contributed by atoms with Crippen LogP contribution in [0.3, 0.4) is 0 Å². The lowest BCUT2D eigenvalue weighted by Gasteiger charge is -2.33. The number of hydrogen-bond donors (Lipinski definition) is 0. The summed E-state index contributed by atoms with van der Waals surface area (Å²) < 4.78 is 17.9. The molecular formula is C26H41Cl2N3O3. The van der Waals surface area contributed by atoms with Gasteiger partial charge in [-0.15, -0.1) is 24.8 Å². The van der Waals surface area contributed by atoms with E-state index in [9.17, 15) is 0 Å². The number of ether oxygens (including phenoxy) is 2. The third kappa shape index (κ3) is 7.01. The highest BCUT2D eigenvalue weighted by atomic mass is 35.5. The summed E-state index contributed by atoms with van der Waals surface area (Å²) in [4.78, 5) is 4.78. The summed E-state index contributed by atoms with van der Waals surface area (Å²) in [6, 6.07) is 4.29. The van der Waals surface area contributed by atoms with Gasteiger partial charge in [0.05, 0.1) is 24.0 Å². The molecule has 0 bridgehead atoms. The quantitative estimate of drug-likeness (QED) is 0.427. The summed E-state index contributed by atoms with van der Waals surface area (Å²) in [6.45, 7) is 6.11. The number of aromatic nitrogens is 1. The second kappa shape index (κ2) is 12.8. The molecule has 2 aromatic rings. The first-order chi connectivity index (χ1) is 15.7. The summed E-state index contributed by atoms with van der Waals surface area (Å²) in [5.41, 5.74) is 3.15. The number of aryl methyl sites for hydroxylation is 1. The summed E-state index contributed by atoms with van der Waals surface area (Å²) in [7, 11) is 4.18. The minimum atomic E-state index is 0. The van der Waals surface area contributed by atoms with Crippen molar-refractivity contribution in [2.45, 2.75) is 64.0 Å². The Hall–Kier alpha value is -1.05.